The van der Waals surface area contributed by atoms with Gasteiger partial charge in [0.1, 0.15) is 41.5 Å². The van der Waals surface area contributed by atoms with E-state index in [-0.39, 0.29) is 17.2 Å². The molecular formula is C24H30ClFN4O5. The molecule has 2 aromatic rings. The van der Waals surface area contributed by atoms with Gasteiger partial charge in [0.25, 0.3) is 0 Å². The number of oxime groups is 1. The van der Waals surface area contributed by atoms with Crippen molar-refractivity contribution in [3.05, 3.63) is 35.2 Å². The third kappa shape index (κ3) is 4.82. The lowest BCUT2D eigenvalue weighted by Gasteiger charge is -2.43. The number of methoxy groups -OCH3 is 1. The predicted molar refractivity (Wildman–Crippen MR) is 126 cm³/mol. The summed E-state index contributed by atoms with van der Waals surface area (Å²) in [5.74, 6) is -0.560. The van der Waals surface area contributed by atoms with E-state index >= 15 is 0 Å². The zero-order valence-corrected chi connectivity index (χ0v) is 20.3. The van der Waals surface area contributed by atoms with Crippen molar-refractivity contribution < 1.29 is 28.9 Å². The molecule has 9 nitrogen and oxygen atoms in total. The molecular weight excluding hydrogens is 479 g/mol. The number of ether oxygens (including phenoxy) is 2. The van der Waals surface area contributed by atoms with Crippen LogP contribution >= 0.6 is 11.6 Å². The minimum absolute atomic E-state index is 0.0166. The topological polar surface area (TPSA) is 111 Å². The molecule has 0 unspecified atom stereocenters. The van der Waals surface area contributed by atoms with E-state index in [9.17, 15) is 14.6 Å². The summed E-state index contributed by atoms with van der Waals surface area (Å²) in [5, 5.41) is 33.7. The summed E-state index contributed by atoms with van der Waals surface area (Å²) in [7, 11) is 1.54. The molecule has 190 valence electrons. The van der Waals surface area contributed by atoms with E-state index in [2.05, 4.69) is 15.5 Å². The first-order chi connectivity index (χ1) is 16.9. The highest BCUT2D eigenvalue weighted by molar-refractivity contribution is 6.30. The number of aliphatic hydroxyl groups excluding tert-OH is 2. The Hall–Kier alpha value is -2.11. The fourth-order valence-electron chi connectivity index (χ4n) is 5.54. The zero-order valence-electron chi connectivity index (χ0n) is 19.5. The Labute approximate surface area is 207 Å². The fourth-order valence-corrected chi connectivity index (χ4v) is 5.66. The Balaban J connectivity index is 1.38. The molecule has 2 N–H and O–H groups in total. The van der Waals surface area contributed by atoms with Gasteiger partial charge < -0.3 is 24.5 Å². The standard InChI is InChI=1S/C24H30ClFN4O5/c1-33-23-19(10-15-11-24(35-28-15)7-3-2-4-8-24)34-20(13-31)22(32)21(23)30-12-18(27-29-30)14-5-6-16(25)17(26)9-14/h5-6,9,12,19-23,31-32H,2-4,7-8,10-11,13H2,1H3/t19-,20-,21+,22+,23+/m1/s1. The summed E-state index contributed by atoms with van der Waals surface area (Å²) >= 11 is 5.80. The summed E-state index contributed by atoms with van der Waals surface area (Å²) in [6, 6.07) is 3.69. The first kappa shape index (κ1) is 24.6. The van der Waals surface area contributed by atoms with Crippen LogP contribution in [-0.4, -0.2) is 74.7 Å². The Morgan fingerprint density at radius 3 is 2.77 bits per heavy atom. The van der Waals surface area contributed by atoms with Crippen LogP contribution in [0.2, 0.25) is 5.02 Å². The number of nitrogens with zero attached hydrogens (tertiary/aromatic N) is 4. The Kier molecular flexibility index (Phi) is 7.09. The Bertz CT molecular complexity index is 1080. The van der Waals surface area contributed by atoms with Gasteiger partial charge in [-0.15, -0.1) is 5.10 Å². The van der Waals surface area contributed by atoms with Crippen molar-refractivity contribution in [1.82, 2.24) is 15.0 Å². The summed E-state index contributed by atoms with van der Waals surface area (Å²) < 4.78 is 27.3. The maximum absolute atomic E-state index is 14.0. The molecule has 0 radical (unpaired) electrons. The van der Waals surface area contributed by atoms with E-state index in [4.69, 9.17) is 25.9 Å². The Morgan fingerprint density at radius 1 is 1.26 bits per heavy atom. The number of hydrogen-bond acceptors (Lipinski definition) is 8. The van der Waals surface area contributed by atoms with Crippen LogP contribution in [0.4, 0.5) is 4.39 Å². The van der Waals surface area contributed by atoms with Gasteiger partial charge in [0, 0.05) is 25.5 Å². The molecule has 0 amide bonds. The zero-order chi connectivity index (χ0) is 24.6. The van der Waals surface area contributed by atoms with Crippen molar-refractivity contribution in [2.45, 2.75) is 81.0 Å². The lowest BCUT2D eigenvalue weighted by atomic mass is 9.80. The molecule has 0 bridgehead atoms. The van der Waals surface area contributed by atoms with Crippen LogP contribution in [-0.2, 0) is 14.3 Å². The normalized spacial score (nSPS) is 30.3. The van der Waals surface area contributed by atoms with Crippen LogP contribution < -0.4 is 0 Å². The number of aromatic nitrogens is 3. The van der Waals surface area contributed by atoms with E-state index in [1.54, 1.807) is 19.4 Å². The van der Waals surface area contributed by atoms with Crippen molar-refractivity contribution in [2.24, 2.45) is 5.16 Å². The molecule has 1 aromatic carbocycles. The van der Waals surface area contributed by atoms with E-state index in [1.165, 1.54) is 23.2 Å². The second-order valence-corrected chi connectivity index (χ2v) is 10.1. The summed E-state index contributed by atoms with van der Waals surface area (Å²) in [4.78, 5) is 5.89. The van der Waals surface area contributed by atoms with Crippen LogP contribution in [0, 0.1) is 5.82 Å². The molecule has 3 heterocycles. The van der Waals surface area contributed by atoms with Gasteiger partial charge >= 0.3 is 0 Å². The lowest BCUT2D eigenvalue weighted by Crippen LogP contribution is -2.57. The maximum atomic E-state index is 14.0. The monoisotopic (exact) mass is 508 g/mol. The molecule has 5 rings (SSSR count). The van der Waals surface area contributed by atoms with E-state index in [1.807, 2.05) is 0 Å². The van der Waals surface area contributed by atoms with Crippen LogP contribution in [0.25, 0.3) is 11.3 Å². The van der Waals surface area contributed by atoms with Gasteiger partial charge in [-0.3, -0.25) is 0 Å². The lowest BCUT2D eigenvalue weighted by molar-refractivity contribution is -0.210. The number of benzene rings is 1. The van der Waals surface area contributed by atoms with Gasteiger partial charge in [-0.1, -0.05) is 34.5 Å². The average Bonchev–Trinajstić information content (AvgIpc) is 3.49. The number of hydrogen-bond donors (Lipinski definition) is 2. The van der Waals surface area contributed by atoms with Crippen molar-refractivity contribution in [3.63, 3.8) is 0 Å². The molecule has 3 aliphatic rings. The average molecular weight is 509 g/mol. The van der Waals surface area contributed by atoms with Gasteiger partial charge in [-0.05, 0) is 37.8 Å². The molecule has 35 heavy (non-hydrogen) atoms. The summed E-state index contributed by atoms with van der Waals surface area (Å²) in [5.41, 5.74) is 1.59. The molecule has 1 spiro atoms. The van der Waals surface area contributed by atoms with Crippen molar-refractivity contribution in [2.75, 3.05) is 13.7 Å². The van der Waals surface area contributed by atoms with E-state index in [0.29, 0.717) is 17.7 Å². The van der Waals surface area contributed by atoms with Crippen LogP contribution in [0.15, 0.2) is 29.6 Å². The molecule has 11 heteroatoms. The van der Waals surface area contributed by atoms with Gasteiger partial charge in [-0.25, -0.2) is 9.07 Å². The van der Waals surface area contributed by atoms with Gasteiger partial charge in [0.15, 0.2) is 0 Å². The second kappa shape index (κ2) is 10.1. The van der Waals surface area contributed by atoms with Gasteiger partial charge in [0.05, 0.1) is 29.6 Å². The number of aliphatic hydroxyl groups is 2. The van der Waals surface area contributed by atoms with Crippen molar-refractivity contribution >= 4 is 17.3 Å². The summed E-state index contributed by atoms with van der Waals surface area (Å²) in [6.45, 7) is -0.374. The van der Waals surface area contributed by atoms with E-state index in [0.717, 1.165) is 37.8 Å². The minimum atomic E-state index is -1.11. The van der Waals surface area contributed by atoms with Gasteiger partial charge in [-0.2, -0.15) is 0 Å². The van der Waals surface area contributed by atoms with E-state index < -0.39 is 36.3 Å². The predicted octanol–water partition coefficient (Wildman–Crippen LogP) is 3.28. The third-order valence-corrected chi connectivity index (χ3v) is 7.67. The van der Waals surface area contributed by atoms with Crippen molar-refractivity contribution in [3.8, 4) is 11.3 Å². The SMILES string of the molecule is CO[C@@H]1[C@@H](n2cc(-c3ccc(Cl)c(F)c3)nn2)[C@@H](O)[C@@H](CO)O[C@@H]1CC1=NOC2(CCCCC2)C1. The molecule has 1 aromatic heterocycles. The first-order valence-electron chi connectivity index (χ1n) is 12.0. The molecule has 2 fully saturated rings. The Morgan fingerprint density at radius 2 is 2.06 bits per heavy atom. The second-order valence-electron chi connectivity index (χ2n) is 9.66. The van der Waals surface area contributed by atoms with Crippen LogP contribution in [0.1, 0.15) is 51.0 Å². The minimum Gasteiger partial charge on any atom is -0.394 e. The highest BCUT2D eigenvalue weighted by atomic mass is 35.5. The highest BCUT2D eigenvalue weighted by Crippen LogP contribution is 2.41. The van der Waals surface area contributed by atoms with Crippen LogP contribution in [0.3, 0.4) is 0 Å². The number of halogens is 2. The third-order valence-electron chi connectivity index (χ3n) is 7.36. The van der Waals surface area contributed by atoms with Crippen molar-refractivity contribution in [1.29, 1.82) is 0 Å². The highest BCUT2D eigenvalue weighted by Gasteiger charge is 2.49. The first-order valence-corrected chi connectivity index (χ1v) is 12.4. The largest absolute Gasteiger partial charge is 0.394 e. The molecule has 2 aliphatic heterocycles. The van der Waals surface area contributed by atoms with Gasteiger partial charge in [0.2, 0.25) is 0 Å². The van der Waals surface area contributed by atoms with Crippen LogP contribution in [0.5, 0.6) is 0 Å². The molecule has 5 atom stereocenters. The smallest absolute Gasteiger partial charge is 0.143 e. The fraction of sp³-hybridized carbons (Fsp3) is 0.625. The molecule has 1 aliphatic carbocycles. The number of rotatable bonds is 6. The molecule has 1 saturated carbocycles. The quantitative estimate of drug-likeness (QED) is 0.616. The summed E-state index contributed by atoms with van der Waals surface area (Å²) in [6.07, 6.45) is 5.24. The maximum Gasteiger partial charge on any atom is 0.143 e. The molecule has 1 saturated heterocycles.